The zero-order valence-electron chi connectivity index (χ0n) is 12.1. The third-order valence-electron chi connectivity index (χ3n) is 3.82. The highest BCUT2D eigenvalue weighted by molar-refractivity contribution is 6.22. The van der Waals surface area contributed by atoms with Crippen LogP contribution in [-0.2, 0) is 4.79 Å². The minimum absolute atomic E-state index is 0.0278. The lowest BCUT2D eigenvalue weighted by Crippen LogP contribution is -2.47. The van der Waals surface area contributed by atoms with Crippen LogP contribution in [0.15, 0.2) is 48.5 Å². The second-order valence-electron chi connectivity index (χ2n) is 5.26. The normalized spacial score (nSPS) is 16.0. The average molecular weight is 331 g/mol. The van der Waals surface area contributed by atoms with E-state index in [1.54, 1.807) is 0 Å². The predicted molar refractivity (Wildman–Crippen MR) is 78.6 cm³/mol. The topological polar surface area (TPSA) is 74.7 Å². The van der Waals surface area contributed by atoms with E-state index >= 15 is 0 Å². The summed E-state index contributed by atoms with van der Waals surface area (Å²) in [6.45, 7) is 0. The summed E-state index contributed by atoms with van der Waals surface area (Å²) in [6.07, 6.45) is -2.19. The lowest BCUT2D eigenvalue weighted by atomic mass is 10.0. The fraction of sp³-hybridized carbons (Fsp3) is 0.118. The number of carbonyl (C=O) groups excluding carboxylic acids is 2. The van der Waals surface area contributed by atoms with Gasteiger partial charge in [-0.2, -0.15) is 0 Å². The molecule has 0 fully saturated rings. The standard InChI is InChI=1S/C17H11F2NO4/c18-10-7-5-9(6-8-10)13(19)14(17(23)24)20-15(21)11-3-1-2-4-12(11)16(20)22/h1-8,13-14H,(H,23,24). The first kappa shape index (κ1) is 15.8. The number of aliphatic carboxylic acids is 1. The summed E-state index contributed by atoms with van der Waals surface area (Å²) in [6, 6.07) is 7.86. The Morgan fingerprint density at radius 1 is 0.958 bits per heavy atom. The van der Waals surface area contributed by atoms with Gasteiger partial charge in [-0.1, -0.05) is 24.3 Å². The fourth-order valence-corrected chi connectivity index (χ4v) is 2.66. The van der Waals surface area contributed by atoms with E-state index in [4.69, 9.17) is 0 Å². The van der Waals surface area contributed by atoms with Gasteiger partial charge in [-0.05, 0) is 29.8 Å². The molecule has 7 heteroatoms. The maximum Gasteiger partial charge on any atom is 0.330 e. The number of fused-ring (bicyclic) bond motifs is 1. The van der Waals surface area contributed by atoms with Gasteiger partial charge < -0.3 is 5.11 Å². The van der Waals surface area contributed by atoms with Crippen molar-refractivity contribution in [2.45, 2.75) is 12.2 Å². The minimum Gasteiger partial charge on any atom is -0.480 e. The highest BCUT2D eigenvalue weighted by atomic mass is 19.1. The molecule has 2 unspecified atom stereocenters. The van der Waals surface area contributed by atoms with Crippen LogP contribution in [0.4, 0.5) is 8.78 Å². The Morgan fingerprint density at radius 2 is 1.46 bits per heavy atom. The molecule has 1 N–H and O–H groups in total. The van der Waals surface area contributed by atoms with Crippen molar-refractivity contribution in [3.8, 4) is 0 Å². The summed E-state index contributed by atoms with van der Waals surface area (Å²) in [7, 11) is 0. The number of nitrogens with zero attached hydrogens (tertiary/aromatic N) is 1. The lowest BCUT2D eigenvalue weighted by Gasteiger charge is -2.25. The van der Waals surface area contributed by atoms with E-state index < -0.39 is 35.8 Å². The minimum atomic E-state index is -2.19. The van der Waals surface area contributed by atoms with Gasteiger partial charge in [0.05, 0.1) is 11.1 Å². The van der Waals surface area contributed by atoms with Crippen LogP contribution >= 0.6 is 0 Å². The first-order valence-electron chi connectivity index (χ1n) is 7.01. The van der Waals surface area contributed by atoms with Gasteiger partial charge >= 0.3 is 5.97 Å². The molecule has 0 radical (unpaired) electrons. The average Bonchev–Trinajstić information content (AvgIpc) is 2.81. The van der Waals surface area contributed by atoms with Gasteiger partial charge in [0.15, 0.2) is 12.2 Å². The van der Waals surface area contributed by atoms with Crippen LogP contribution in [0.25, 0.3) is 0 Å². The van der Waals surface area contributed by atoms with Crippen molar-refractivity contribution in [1.29, 1.82) is 0 Å². The molecule has 0 aliphatic carbocycles. The Hall–Kier alpha value is -3.09. The smallest absolute Gasteiger partial charge is 0.330 e. The third kappa shape index (κ3) is 2.44. The summed E-state index contributed by atoms with van der Waals surface area (Å²) in [5.74, 6) is -4.01. The number of benzene rings is 2. The van der Waals surface area contributed by atoms with E-state index in [-0.39, 0.29) is 16.7 Å². The van der Waals surface area contributed by atoms with Crippen LogP contribution in [0.3, 0.4) is 0 Å². The number of rotatable bonds is 4. The number of hydrogen-bond acceptors (Lipinski definition) is 3. The number of carboxylic acid groups (broad SMARTS) is 1. The van der Waals surface area contributed by atoms with E-state index in [0.29, 0.717) is 4.90 Å². The molecule has 0 bridgehead atoms. The van der Waals surface area contributed by atoms with Crippen LogP contribution in [0, 0.1) is 5.82 Å². The maximum absolute atomic E-state index is 14.8. The van der Waals surface area contributed by atoms with Gasteiger partial charge in [-0.3, -0.25) is 14.5 Å². The summed E-state index contributed by atoms with van der Waals surface area (Å²) >= 11 is 0. The molecule has 24 heavy (non-hydrogen) atoms. The van der Waals surface area contributed by atoms with Crippen molar-refractivity contribution < 1.29 is 28.3 Å². The molecule has 0 saturated carbocycles. The summed E-state index contributed by atoms with van der Waals surface area (Å²) < 4.78 is 27.7. The summed E-state index contributed by atoms with van der Waals surface area (Å²) in [5, 5.41) is 9.37. The highest BCUT2D eigenvalue weighted by Crippen LogP contribution is 2.32. The predicted octanol–water partition coefficient (Wildman–Crippen LogP) is 2.59. The largest absolute Gasteiger partial charge is 0.480 e. The Labute approximate surface area is 135 Å². The van der Waals surface area contributed by atoms with Gasteiger partial charge in [0.25, 0.3) is 11.8 Å². The number of alkyl halides is 1. The molecule has 0 spiro atoms. The molecular weight excluding hydrogens is 320 g/mol. The first-order valence-corrected chi connectivity index (χ1v) is 7.01. The van der Waals surface area contributed by atoms with E-state index in [2.05, 4.69) is 0 Å². The molecule has 2 aromatic carbocycles. The van der Waals surface area contributed by atoms with Crippen molar-refractivity contribution in [3.05, 3.63) is 71.0 Å². The number of carboxylic acids is 1. The van der Waals surface area contributed by atoms with Crippen molar-refractivity contribution in [3.63, 3.8) is 0 Å². The highest BCUT2D eigenvalue weighted by Gasteiger charge is 2.47. The van der Waals surface area contributed by atoms with Gasteiger partial charge in [0.1, 0.15) is 5.82 Å². The van der Waals surface area contributed by atoms with E-state index in [9.17, 15) is 28.3 Å². The second-order valence-corrected chi connectivity index (χ2v) is 5.26. The van der Waals surface area contributed by atoms with Crippen LogP contribution in [0.2, 0.25) is 0 Å². The Kier molecular flexibility index (Phi) is 3.84. The van der Waals surface area contributed by atoms with Crippen molar-refractivity contribution in [2.24, 2.45) is 0 Å². The third-order valence-corrected chi connectivity index (χ3v) is 3.82. The Balaban J connectivity index is 2.01. The number of amides is 2. The van der Waals surface area contributed by atoms with Crippen LogP contribution in [0.1, 0.15) is 32.5 Å². The molecule has 1 aliphatic heterocycles. The number of halogens is 2. The Morgan fingerprint density at radius 3 is 1.92 bits per heavy atom. The molecule has 0 saturated heterocycles. The molecule has 0 aromatic heterocycles. The maximum atomic E-state index is 14.8. The molecule has 1 aliphatic rings. The first-order chi connectivity index (χ1) is 11.4. The number of hydrogen-bond donors (Lipinski definition) is 1. The molecule has 1 heterocycles. The monoisotopic (exact) mass is 331 g/mol. The molecule has 2 aromatic rings. The molecular formula is C17H11F2NO4. The second kappa shape index (κ2) is 5.84. The van der Waals surface area contributed by atoms with Crippen molar-refractivity contribution >= 4 is 17.8 Å². The lowest BCUT2D eigenvalue weighted by molar-refractivity contribution is -0.144. The van der Waals surface area contributed by atoms with Crippen LogP contribution < -0.4 is 0 Å². The molecule has 5 nitrogen and oxygen atoms in total. The molecule has 3 rings (SSSR count). The SMILES string of the molecule is O=C(O)C(C(F)c1ccc(F)cc1)N1C(=O)c2ccccc2C1=O. The van der Waals surface area contributed by atoms with Gasteiger partial charge in [-0.25, -0.2) is 13.6 Å². The van der Waals surface area contributed by atoms with Crippen LogP contribution in [-0.4, -0.2) is 33.8 Å². The van der Waals surface area contributed by atoms with Gasteiger partial charge in [-0.15, -0.1) is 0 Å². The summed E-state index contributed by atoms with van der Waals surface area (Å²) in [4.78, 5) is 36.7. The van der Waals surface area contributed by atoms with E-state index in [1.165, 1.54) is 24.3 Å². The van der Waals surface area contributed by atoms with Gasteiger partial charge in [0.2, 0.25) is 0 Å². The van der Waals surface area contributed by atoms with Crippen molar-refractivity contribution in [1.82, 2.24) is 4.90 Å². The molecule has 2 amide bonds. The van der Waals surface area contributed by atoms with Gasteiger partial charge in [0, 0.05) is 0 Å². The fourth-order valence-electron chi connectivity index (χ4n) is 2.66. The summed E-state index contributed by atoms with van der Waals surface area (Å²) in [5.41, 5.74) is -0.0829. The Bertz CT molecular complexity index is 800. The van der Waals surface area contributed by atoms with E-state index in [1.807, 2.05) is 0 Å². The molecule has 122 valence electrons. The zero-order valence-corrected chi connectivity index (χ0v) is 12.1. The van der Waals surface area contributed by atoms with Crippen molar-refractivity contribution in [2.75, 3.05) is 0 Å². The van der Waals surface area contributed by atoms with E-state index in [0.717, 1.165) is 24.3 Å². The molecule has 2 atom stereocenters. The zero-order chi connectivity index (χ0) is 17.4. The number of carbonyl (C=O) groups is 3. The quantitative estimate of drug-likeness (QED) is 0.874. The van der Waals surface area contributed by atoms with Crippen LogP contribution in [0.5, 0.6) is 0 Å². The number of imide groups is 1.